The van der Waals surface area contributed by atoms with Crippen molar-refractivity contribution in [2.75, 3.05) is 31.5 Å². The number of thioether (sulfide) groups is 1. The highest BCUT2D eigenvalue weighted by Gasteiger charge is 2.21. The first-order valence-electron chi connectivity index (χ1n) is 8.92. The van der Waals surface area contributed by atoms with Gasteiger partial charge in [-0.2, -0.15) is 0 Å². The van der Waals surface area contributed by atoms with Crippen LogP contribution in [0.1, 0.15) is 26.2 Å². The van der Waals surface area contributed by atoms with E-state index in [2.05, 4.69) is 22.5 Å². The maximum Gasteiger partial charge on any atom is 0.262 e. The van der Waals surface area contributed by atoms with E-state index in [9.17, 15) is 9.59 Å². The number of carbonyl (C=O) groups excluding carboxylic acids is 2. The maximum atomic E-state index is 12.1. The first-order chi connectivity index (χ1) is 12.1. The monoisotopic (exact) mass is 359 g/mol. The van der Waals surface area contributed by atoms with E-state index in [0.717, 1.165) is 36.0 Å². The number of carbonyl (C=O) groups is 2. The van der Waals surface area contributed by atoms with Gasteiger partial charge in [0.05, 0.1) is 10.6 Å². The van der Waals surface area contributed by atoms with Gasteiger partial charge in [-0.25, -0.2) is 0 Å². The molecule has 6 heteroatoms. The largest absolute Gasteiger partial charge is 0.352 e. The summed E-state index contributed by atoms with van der Waals surface area (Å²) in [5.74, 6) is 0.350. The molecular weight excluding hydrogens is 334 g/mol. The normalized spacial score (nSPS) is 22.4. The maximum absolute atomic E-state index is 12.1. The lowest BCUT2D eigenvalue weighted by Gasteiger charge is -2.30. The molecule has 2 heterocycles. The summed E-state index contributed by atoms with van der Waals surface area (Å²) in [5, 5.41) is 5.70. The number of para-hydroxylation sites is 1. The number of fused-ring (bicyclic) bond motifs is 1. The quantitative estimate of drug-likeness (QED) is 0.627. The van der Waals surface area contributed by atoms with Crippen molar-refractivity contribution >= 4 is 29.3 Å². The third kappa shape index (κ3) is 5.09. The summed E-state index contributed by atoms with van der Waals surface area (Å²) in [6.07, 6.45) is 4.93. The van der Waals surface area contributed by atoms with E-state index in [0.29, 0.717) is 11.4 Å². The van der Waals surface area contributed by atoms with E-state index in [1.54, 1.807) is 0 Å². The molecule has 1 saturated heterocycles. The Morgan fingerprint density at radius 1 is 1.44 bits per heavy atom. The van der Waals surface area contributed by atoms with E-state index < -0.39 is 0 Å². The summed E-state index contributed by atoms with van der Waals surface area (Å²) in [6.45, 7) is 6.28. The number of benzene rings is 1. The highest BCUT2D eigenvalue weighted by molar-refractivity contribution is 8.04. The average Bonchev–Trinajstić information content (AvgIpc) is 2.59. The van der Waals surface area contributed by atoms with Crippen molar-refractivity contribution in [3.05, 3.63) is 35.2 Å². The second-order valence-corrected chi connectivity index (χ2v) is 7.84. The standard InChI is InChI=1S/C19H25N3O2S/c1-14-6-4-10-22(13-14)11-5-9-20-18(23)12-17-19(24)21-15-7-2-3-8-16(15)25-17/h2-3,7-8,12,14H,4-6,9-11,13H2,1H3,(H,20,23)(H,21,24)/b17-12-. The molecular formula is C19H25N3O2S. The zero-order chi connectivity index (χ0) is 17.6. The van der Waals surface area contributed by atoms with Crippen molar-refractivity contribution in [1.29, 1.82) is 0 Å². The van der Waals surface area contributed by atoms with Gasteiger partial charge >= 0.3 is 0 Å². The van der Waals surface area contributed by atoms with Gasteiger partial charge in [-0.1, -0.05) is 30.8 Å². The van der Waals surface area contributed by atoms with E-state index >= 15 is 0 Å². The second-order valence-electron chi connectivity index (χ2n) is 6.75. The Balaban J connectivity index is 1.44. The lowest BCUT2D eigenvalue weighted by molar-refractivity contribution is -0.117. The Hall–Kier alpha value is -1.79. The van der Waals surface area contributed by atoms with Crippen LogP contribution in [-0.2, 0) is 9.59 Å². The first-order valence-corrected chi connectivity index (χ1v) is 9.73. The summed E-state index contributed by atoms with van der Waals surface area (Å²) in [6, 6.07) is 7.59. The number of anilines is 1. The molecule has 0 aromatic heterocycles. The topological polar surface area (TPSA) is 61.4 Å². The van der Waals surface area contributed by atoms with Crippen molar-refractivity contribution in [2.45, 2.75) is 31.1 Å². The van der Waals surface area contributed by atoms with E-state index in [1.165, 1.54) is 37.2 Å². The number of rotatable bonds is 5. The molecule has 2 N–H and O–H groups in total. The van der Waals surface area contributed by atoms with Crippen LogP contribution in [0, 0.1) is 5.92 Å². The lowest BCUT2D eigenvalue weighted by atomic mass is 10.0. The summed E-state index contributed by atoms with van der Waals surface area (Å²) < 4.78 is 0. The molecule has 2 aliphatic rings. The molecule has 25 heavy (non-hydrogen) atoms. The van der Waals surface area contributed by atoms with Crippen molar-refractivity contribution in [3.8, 4) is 0 Å². The van der Waals surface area contributed by atoms with E-state index in [-0.39, 0.29) is 11.8 Å². The number of likely N-dealkylation sites (tertiary alicyclic amines) is 1. The van der Waals surface area contributed by atoms with Gasteiger partial charge in [0.25, 0.3) is 5.91 Å². The molecule has 1 aromatic rings. The molecule has 3 rings (SSSR count). The summed E-state index contributed by atoms with van der Waals surface area (Å²) in [4.78, 5) is 28.0. The van der Waals surface area contributed by atoms with Crippen LogP contribution in [0.4, 0.5) is 5.69 Å². The molecule has 0 aliphatic carbocycles. The van der Waals surface area contributed by atoms with Crippen LogP contribution in [0.2, 0.25) is 0 Å². The molecule has 1 unspecified atom stereocenters. The zero-order valence-electron chi connectivity index (χ0n) is 14.6. The molecule has 2 amide bonds. The highest BCUT2D eigenvalue weighted by atomic mass is 32.2. The Bertz CT molecular complexity index is 674. The minimum Gasteiger partial charge on any atom is -0.352 e. The average molecular weight is 359 g/mol. The fraction of sp³-hybridized carbons (Fsp3) is 0.474. The van der Waals surface area contributed by atoms with Gasteiger partial charge < -0.3 is 15.5 Å². The van der Waals surface area contributed by atoms with E-state index in [4.69, 9.17) is 0 Å². The number of hydrogen-bond acceptors (Lipinski definition) is 4. The summed E-state index contributed by atoms with van der Waals surface area (Å²) >= 11 is 1.34. The SMILES string of the molecule is CC1CCCN(CCCNC(=O)/C=C2\Sc3ccccc3NC2=O)C1. The smallest absolute Gasteiger partial charge is 0.262 e. The third-order valence-corrected chi connectivity index (χ3v) is 5.63. The Labute approximate surface area is 153 Å². The molecule has 0 radical (unpaired) electrons. The molecule has 2 aliphatic heterocycles. The predicted octanol–water partition coefficient (Wildman–Crippen LogP) is 2.85. The van der Waals surface area contributed by atoms with Crippen LogP contribution in [0.5, 0.6) is 0 Å². The van der Waals surface area contributed by atoms with Gasteiger partial charge in [-0.15, -0.1) is 0 Å². The van der Waals surface area contributed by atoms with Crippen molar-refractivity contribution in [3.63, 3.8) is 0 Å². The van der Waals surface area contributed by atoms with Crippen molar-refractivity contribution in [2.24, 2.45) is 5.92 Å². The second kappa shape index (κ2) is 8.54. The molecule has 0 bridgehead atoms. The molecule has 1 fully saturated rings. The number of amides is 2. The fourth-order valence-electron chi connectivity index (χ4n) is 3.28. The molecule has 5 nitrogen and oxygen atoms in total. The predicted molar refractivity (Wildman–Crippen MR) is 101 cm³/mol. The molecule has 0 saturated carbocycles. The molecule has 1 aromatic carbocycles. The number of hydrogen-bond donors (Lipinski definition) is 2. The van der Waals surface area contributed by atoms with Crippen LogP contribution < -0.4 is 10.6 Å². The van der Waals surface area contributed by atoms with Gasteiger partial charge in [0.15, 0.2) is 0 Å². The Morgan fingerprint density at radius 3 is 3.12 bits per heavy atom. The van der Waals surface area contributed by atoms with Gasteiger partial charge in [-0.05, 0) is 50.4 Å². The number of nitrogens with zero attached hydrogens (tertiary/aromatic N) is 1. The van der Waals surface area contributed by atoms with Gasteiger partial charge in [0.1, 0.15) is 0 Å². The third-order valence-electron chi connectivity index (χ3n) is 4.53. The van der Waals surface area contributed by atoms with Crippen LogP contribution in [0.15, 0.2) is 40.1 Å². The van der Waals surface area contributed by atoms with Crippen LogP contribution in [0.3, 0.4) is 0 Å². The Morgan fingerprint density at radius 2 is 2.28 bits per heavy atom. The minimum atomic E-state index is -0.221. The van der Waals surface area contributed by atoms with Gasteiger partial charge in [0.2, 0.25) is 5.91 Å². The van der Waals surface area contributed by atoms with E-state index in [1.807, 2.05) is 24.3 Å². The van der Waals surface area contributed by atoms with Crippen LogP contribution >= 0.6 is 11.8 Å². The molecule has 0 spiro atoms. The van der Waals surface area contributed by atoms with Crippen molar-refractivity contribution < 1.29 is 9.59 Å². The summed E-state index contributed by atoms with van der Waals surface area (Å²) in [5.41, 5.74) is 0.797. The lowest BCUT2D eigenvalue weighted by Crippen LogP contribution is -2.36. The minimum absolute atomic E-state index is 0.205. The highest BCUT2D eigenvalue weighted by Crippen LogP contribution is 2.37. The summed E-state index contributed by atoms with van der Waals surface area (Å²) in [7, 11) is 0. The molecule has 1 atom stereocenters. The zero-order valence-corrected chi connectivity index (χ0v) is 15.4. The van der Waals surface area contributed by atoms with Gasteiger partial charge in [0, 0.05) is 24.1 Å². The first kappa shape index (κ1) is 18.0. The van der Waals surface area contributed by atoms with Crippen LogP contribution in [-0.4, -0.2) is 42.9 Å². The fourth-order valence-corrected chi connectivity index (χ4v) is 4.20. The van der Waals surface area contributed by atoms with Crippen LogP contribution in [0.25, 0.3) is 0 Å². The Kier molecular flexibility index (Phi) is 6.15. The van der Waals surface area contributed by atoms with Gasteiger partial charge in [-0.3, -0.25) is 9.59 Å². The number of piperidine rings is 1. The van der Waals surface area contributed by atoms with Crippen molar-refractivity contribution in [1.82, 2.24) is 10.2 Å². The number of nitrogens with one attached hydrogen (secondary N) is 2. The molecule has 134 valence electrons.